The Hall–Kier alpha value is -5.22. The predicted molar refractivity (Wildman–Crippen MR) is 144 cm³/mol. The lowest BCUT2D eigenvalue weighted by Crippen LogP contribution is -2.17. The van der Waals surface area contributed by atoms with E-state index in [1.165, 1.54) is 37.7 Å². The molecule has 0 spiro atoms. The van der Waals surface area contributed by atoms with Crippen molar-refractivity contribution in [2.24, 2.45) is 0 Å². The van der Waals surface area contributed by atoms with Crippen molar-refractivity contribution in [3.63, 3.8) is 0 Å². The molecule has 0 aliphatic carbocycles. The summed E-state index contributed by atoms with van der Waals surface area (Å²) < 4.78 is 68.3. The van der Waals surface area contributed by atoms with Gasteiger partial charge in [-0.3, -0.25) is 9.70 Å². The molecule has 1 aromatic carbocycles. The lowest BCUT2D eigenvalue weighted by atomic mass is 10.2. The first-order valence-electron chi connectivity index (χ1n) is 13.2. The van der Waals surface area contributed by atoms with E-state index in [1.807, 2.05) is 0 Å². The molecule has 16 heteroatoms. The van der Waals surface area contributed by atoms with Gasteiger partial charge in [0.2, 0.25) is 7.18 Å². The van der Waals surface area contributed by atoms with Gasteiger partial charge in [-0.2, -0.15) is 13.4 Å². The minimum atomic E-state index is -4.62. The van der Waals surface area contributed by atoms with Crippen molar-refractivity contribution < 1.29 is 30.6 Å². The molecule has 5 aromatic rings. The Balaban J connectivity index is 1.72. The molecule has 0 radical (unpaired) electrons. The molecule has 0 saturated heterocycles. The Morgan fingerprint density at radius 3 is 2.73 bits per heavy atom. The fourth-order valence-corrected chi connectivity index (χ4v) is 4.33. The molecular formula is C25H23N9O6S. The van der Waals surface area contributed by atoms with Crippen LogP contribution in [0.1, 0.15) is 5.56 Å². The van der Waals surface area contributed by atoms with Gasteiger partial charge in [0.25, 0.3) is 15.9 Å². The zero-order valence-electron chi connectivity index (χ0n) is 24.6. The van der Waals surface area contributed by atoms with Crippen LogP contribution in [0.2, 0.25) is 2.82 Å². The lowest BCUT2D eigenvalue weighted by Gasteiger charge is -2.18. The number of sulfonamides is 1. The van der Waals surface area contributed by atoms with E-state index in [0.717, 1.165) is 0 Å². The average Bonchev–Trinajstić information content (AvgIpc) is 3.47. The number of nitrogens with one attached hydrogen (secondary N) is 2. The van der Waals surface area contributed by atoms with Gasteiger partial charge < -0.3 is 19.3 Å². The number of aromatic nitrogens is 8. The van der Waals surface area contributed by atoms with E-state index in [4.69, 9.17) is 18.5 Å². The van der Waals surface area contributed by atoms with E-state index in [9.17, 15) is 8.42 Å². The lowest BCUT2D eigenvalue weighted by molar-refractivity contribution is 0.192. The van der Waals surface area contributed by atoms with Crippen molar-refractivity contribution in [3.8, 4) is 46.0 Å². The molecular weight excluding hydrogens is 554 g/mol. The Labute approximate surface area is 238 Å². The molecule has 4 aromatic heterocycles. The SMILES string of the molecule is [2H]OCCOc1nc(-c2ccnc(-c3nnnn3[2H])c2)nc(N([2H])S(=O)(=O)c2ccc(C)cn2)c1Oc1ccccc1OC. The highest BCUT2D eigenvalue weighted by atomic mass is 32.2. The van der Waals surface area contributed by atoms with Gasteiger partial charge in [-0.1, -0.05) is 18.2 Å². The first-order valence-corrected chi connectivity index (χ1v) is 13.3. The minimum Gasteiger partial charge on any atom is -0.493 e. The van der Waals surface area contributed by atoms with Gasteiger partial charge >= 0.3 is 0 Å². The number of rotatable bonds is 12. The van der Waals surface area contributed by atoms with Crippen LogP contribution in [0.15, 0.2) is 66.0 Å². The number of ether oxygens (including phenoxy) is 3. The molecule has 0 amide bonds. The third-order valence-electron chi connectivity index (χ3n) is 5.34. The van der Waals surface area contributed by atoms with Gasteiger partial charge in [-0.15, -0.1) is 5.10 Å². The van der Waals surface area contributed by atoms with Crippen molar-refractivity contribution in [1.82, 2.24) is 40.6 Å². The predicted octanol–water partition coefficient (Wildman–Crippen LogP) is 2.39. The average molecular weight is 581 g/mol. The molecule has 15 nitrogen and oxygen atoms in total. The number of pyridine rings is 2. The van der Waals surface area contributed by atoms with Gasteiger partial charge in [-0.05, 0) is 53.2 Å². The Kier molecular flexibility index (Phi) is 6.86. The van der Waals surface area contributed by atoms with E-state index in [1.54, 1.807) is 37.3 Å². The summed E-state index contributed by atoms with van der Waals surface area (Å²) in [6, 6.07) is 12.3. The molecule has 0 aliphatic rings. The molecule has 0 saturated carbocycles. The van der Waals surface area contributed by atoms with E-state index in [-0.39, 0.29) is 64.0 Å². The van der Waals surface area contributed by atoms with Crippen molar-refractivity contribution in [2.75, 3.05) is 25.0 Å². The number of anilines is 1. The fourth-order valence-electron chi connectivity index (χ4n) is 3.45. The number of aromatic amines is 1. The van der Waals surface area contributed by atoms with Gasteiger partial charge in [-0.25, -0.2) is 15.1 Å². The number of para-hydroxylation sites is 2. The topological polar surface area (TPSA) is 200 Å². The zero-order chi connectivity index (χ0) is 31.3. The molecule has 5 rings (SSSR count). The Morgan fingerprint density at radius 1 is 1.15 bits per heavy atom. The quantitative estimate of drug-likeness (QED) is 0.182. The van der Waals surface area contributed by atoms with Crippen LogP contribution < -0.4 is 18.9 Å². The van der Waals surface area contributed by atoms with Gasteiger partial charge in [0.05, 0.1) is 13.7 Å². The summed E-state index contributed by atoms with van der Waals surface area (Å²) in [5.41, 5.74) is 1.18. The molecule has 0 bridgehead atoms. The van der Waals surface area contributed by atoms with Gasteiger partial charge in [0, 0.05) is 18.0 Å². The normalized spacial score (nSPS) is 12.2. The van der Waals surface area contributed by atoms with Crippen LogP contribution in [0.3, 0.4) is 0 Å². The first-order chi connectivity index (χ1) is 21.2. The summed E-state index contributed by atoms with van der Waals surface area (Å²) in [6.07, 6.45) is 2.74. The highest BCUT2D eigenvalue weighted by Crippen LogP contribution is 2.41. The summed E-state index contributed by atoms with van der Waals surface area (Å²) in [7, 11) is -3.20. The first kappa shape index (κ1) is 23.6. The molecule has 0 atom stereocenters. The maximum Gasteiger partial charge on any atom is 0.280 e. The fraction of sp³-hybridized carbons (Fsp3) is 0.160. The third-order valence-corrected chi connectivity index (χ3v) is 6.52. The summed E-state index contributed by atoms with van der Waals surface area (Å²) in [5, 5.41) is 15.3. The number of methoxy groups -OCH3 is 1. The van der Waals surface area contributed by atoms with Crippen LogP contribution in [-0.2, 0) is 10.0 Å². The second kappa shape index (κ2) is 11.9. The van der Waals surface area contributed by atoms with Gasteiger partial charge in [0.1, 0.15) is 12.3 Å². The monoisotopic (exact) mass is 580 g/mol. The number of aliphatic hydroxyl groups excluding tert-OH is 1. The van der Waals surface area contributed by atoms with Crippen LogP contribution in [0, 0.1) is 6.92 Å². The smallest absolute Gasteiger partial charge is 0.280 e. The molecule has 3 N–H and O–H groups in total. The number of aryl methyl sites for hydroxylation is 1. The maximum atomic E-state index is 13.6. The molecule has 41 heavy (non-hydrogen) atoms. The number of hydrogen-bond donors (Lipinski definition) is 3. The third kappa shape index (κ3) is 6.18. The van der Waals surface area contributed by atoms with Crippen molar-refractivity contribution in [1.29, 1.82) is 1.43 Å². The highest BCUT2D eigenvalue weighted by Gasteiger charge is 2.26. The van der Waals surface area contributed by atoms with E-state index >= 15 is 0 Å². The summed E-state index contributed by atoms with van der Waals surface area (Å²) in [4.78, 5) is 17.0. The summed E-state index contributed by atoms with van der Waals surface area (Å²) in [6.45, 7) is 1.37. The number of tetrazole rings is 1. The van der Waals surface area contributed by atoms with Crippen LogP contribution in [0.5, 0.6) is 23.1 Å². The molecule has 0 fully saturated rings. The van der Waals surface area contributed by atoms with Crippen LogP contribution in [-0.4, -0.2) is 75.8 Å². The second-order valence-corrected chi connectivity index (χ2v) is 9.73. The molecule has 4 heterocycles. The Bertz CT molecular complexity index is 1880. The van der Waals surface area contributed by atoms with Crippen molar-refractivity contribution in [3.05, 3.63) is 66.5 Å². The maximum absolute atomic E-state index is 13.6. The number of nitrogens with zero attached hydrogens (tertiary/aromatic N) is 7. The van der Waals surface area contributed by atoms with E-state index in [2.05, 4.69) is 40.6 Å². The van der Waals surface area contributed by atoms with Crippen LogP contribution >= 0.6 is 0 Å². The number of aliphatic hydroxyl groups is 1. The molecule has 0 unspecified atom stereocenters. The zero-order valence-corrected chi connectivity index (χ0v) is 22.4. The van der Waals surface area contributed by atoms with Gasteiger partial charge in [0.15, 0.2) is 36.8 Å². The summed E-state index contributed by atoms with van der Waals surface area (Å²) in [5.74, 6) is -0.821. The number of benzene rings is 1. The largest absolute Gasteiger partial charge is 0.493 e. The van der Waals surface area contributed by atoms with Crippen LogP contribution in [0.4, 0.5) is 5.82 Å². The van der Waals surface area contributed by atoms with Crippen molar-refractivity contribution >= 4 is 15.8 Å². The summed E-state index contributed by atoms with van der Waals surface area (Å²) >= 11 is 0. The molecule has 210 valence electrons. The minimum absolute atomic E-state index is 0.0161. The van der Waals surface area contributed by atoms with Crippen molar-refractivity contribution in [2.45, 2.75) is 11.9 Å². The number of H-pyrrole nitrogens is 1. The van der Waals surface area contributed by atoms with E-state index in [0.29, 0.717) is 10.7 Å². The Morgan fingerprint density at radius 2 is 2.00 bits per heavy atom. The van der Waals surface area contributed by atoms with E-state index < -0.39 is 20.9 Å². The number of hydrogen-bond acceptors (Lipinski definition) is 13. The molecule has 0 aliphatic heterocycles. The highest BCUT2D eigenvalue weighted by molar-refractivity contribution is 7.92. The second-order valence-electron chi connectivity index (χ2n) is 8.18. The van der Waals surface area contributed by atoms with Crippen LogP contribution in [0.25, 0.3) is 22.9 Å². The standard InChI is InChI=1S/C25H23N9O6S/c1-15-7-8-20(27-14-15)41(36,37)32-24-21(40-19-6-4-3-5-18(19)38-2)25(39-12-11-35)29-22(28-24)16-9-10-26-17(13-16)23-30-33-34-31-23/h3-10,13-14,35H,11-12H2,1-2H3,(H,28,29,32)(H,30,31,33,34)/i35D/hD2.